The first-order valence-corrected chi connectivity index (χ1v) is 9.98. The van der Waals surface area contributed by atoms with Gasteiger partial charge in [0.1, 0.15) is 0 Å². The monoisotopic (exact) mass is 386 g/mol. The fourth-order valence-corrected chi connectivity index (χ4v) is 3.60. The van der Waals surface area contributed by atoms with Crippen molar-refractivity contribution in [2.45, 2.75) is 13.8 Å². The van der Waals surface area contributed by atoms with E-state index in [2.05, 4.69) is 65.4 Å². The molecule has 1 aliphatic rings. The molecule has 2 heterocycles. The molecular weight excluding hydrogens is 360 g/mol. The molecule has 1 N–H and O–H groups in total. The number of piperazine rings is 1. The zero-order valence-corrected chi connectivity index (χ0v) is 16.9. The highest BCUT2D eigenvalue weighted by Crippen LogP contribution is 2.20. The number of hydrogen-bond acceptors (Lipinski definition) is 4. The summed E-state index contributed by atoms with van der Waals surface area (Å²) in [6.45, 7) is 7.26. The van der Waals surface area contributed by atoms with E-state index in [1.807, 2.05) is 23.1 Å². The molecule has 1 fully saturated rings. The van der Waals surface area contributed by atoms with Crippen molar-refractivity contribution in [3.63, 3.8) is 0 Å². The van der Waals surface area contributed by atoms with Gasteiger partial charge in [0, 0.05) is 43.8 Å². The second kappa shape index (κ2) is 8.35. The summed E-state index contributed by atoms with van der Waals surface area (Å²) in [6, 6.07) is 18.5. The normalized spacial score (nSPS) is 14.0. The Bertz CT molecular complexity index is 992. The van der Waals surface area contributed by atoms with Gasteiger partial charge in [0.25, 0.3) is 5.91 Å². The van der Waals surface area contributed by atoms with Crippen LogP contribution in [0.5, 0.6) is 0 Å². The number of anilines is 3. The van der Waals surface area contributed by atoms with Gasteiger partial charge in [0.15, 0.2) is 0 Å². The van der Waals surface area contributed by atoms with Crippen LogP contribution in [-0.4, -0.2) is 42.0 Å². The van der Waals surface area contributed by atoms with Gasteiger partial charge < -0.3 is 15.1 Å². The summed E-state index contributed by atoms with van der Waals surface area (Å²) in [5, 5.41) is 3.32. The van der Waals surface area contributed by atoms with E-state index < -0.39 is 0 Å². The number of aryl methyl sites for hydroxylation is 2. The number of rotatable bonds is 4. The molecular formula is C24H26N4O. The number of carbonyl (C=O) groups is 1. The molecule has 0 unspecified atom stereocenters. The molecule has 1 aromatic heterocycles. The molecule has 5 nitrogen and oxygen atoms in total. The average molecular weight is 386 g/mol. The number of hydrogen-bond donors (Lipinski definition) is 1. The van der Waals surface area contributed by atoms with Crippen LogP contribution in [0.3, 0.4) is 0 Å². The van der Waals surface area contributed by atoms with Gasteiger partial charge in [-0.1, -0.05) is 29.8 Å². The molecule has 0 atom stereocenters. The second-order valence-electron chi connectivity index (χ2n) is 7.57. The van der Waals surface area contributed by atoms with Crippen LogP contribution in [0.25, 0.3) is 0 Å². The van der Waals surface area contributed by atoms with Crippen molar-refractivity contribution in [1.29, 1.82) is 0 Å². The van der Waals surface area contributed by atoms with Crippen LogP contribution in [0.1, 0.15) is 21.5 Å². The van der Waals surface area contributed by atoms with Gasteiger partial charge in [-0.2, -0.15) is 0 Å². The molecule has 0 aliphatic carbocycles. The van der Waals surface area contributed by atoms with E-state index in [4.69, 9.17) is 0 Å². The molecule has 1 aliphatic heterocycles. The number of amides is 1. The van der Waals surface area contributed by atoms with Crippen molar-refractivity contribution in [1.82, 2.24) is 9.88 Å². The van der Waals surface area contributed by atoms with Gasteiger partial charge in [-0.25, -0.2) is 0 Å². The molecule has 5 heteroatoms. The Labute approximate surface area is 172 Å². The summed E-state index contributed by atoms with van der Waals surface area (Å²) in [6.07, 6.45) is 3.39. The topological polar surface area (TPSA) is 48.5 Å². The molecule has 0 radical (unpaired) electrons. The molecule has 3 aromatic rings. The predicted molar refractivity (Wildman–Crippen MR) is 118 cm³/mol. The highest BCUT2D eigenvalue weighted by molar-refractivity contribution is 5.95. The quantitative estimate of drug-likeness (QED) is 0.722. The molecule has 1 amide bonds. The van der Waals surface area contributed by atoms with Crippen LogP contribution in [-0.2, 0) is 0 Å². The largest absolute Gasteiger partial charge is 0.368 e. The Morgan fingerprint density at radius 1 is 0.862 bits per heavy atom. The highest BCUT2D eigenvalue weighted by atomic mass is 16.2. The highest BCUT2D eigenvalue weighted by Gasteiger charge is 2.22. The lowest BCUT2D eigenvalue weighted by Crippen LogP contribution is -2.48. The maximum atomic E-state index is 13.0. The van der Waals surface area contributed by atoms with E-state index in [9.17, 15) is 4.79 Å². The van der Waals surface area contributed by atoms with Crippen molar-refractivity contribution in [3.8, 4) is 0 Å². The van der Waals surface area contributed by atoms with Crippen molar-refractivity contribution < 1.29 is 4.79 Å². The van der Waals surface area contributed by atoms with Crippen LogP contribution >= 0.6 is 0 Å². The Hall–Kier alpha value is -3.34. The predicted octanol–water partition coefficient (Wildman–Crippen LogP) is 4.40. The van der Waals surface area contributed by atoms with Gasteiger partial charge in [-0.3, -0.25) is 9.78 Å². The average Bonchev–Trinajstić information content (AvgIpc) is 2.75. The Balaban J connectivity index is 1.40. The summed E-state index contributed by atoms with van der Waals surface area (Å²) in [5.74, 6) is 0.0361. The molecule has 0 bridgehead atoms. The molecule has 29 heavy (non-hydrogen) atoms. The summed E-state index contributed by atoms with van der Waals surface area (Å²) in [5.41, 5.74) is 6.11. The van der Waals surface area contributed by atoms with Crippen molar-refractivity contribution in [3.05, 3.63) is 83.7 Å². The molecule has 148 valence electrons. The van der Waals surface area contributed by atoms with Crippen LogP contribution < -0.4 is 10.2 Å². The summed E-state index contributed by atoms with van der Waals surface area (Å²) >= 11 is 0. The fourth-order valence-electron chi connectivity index (χ4n) is 3.60. The van der Waals surface area contributed by atoms with E-state index in [0.717, 1.165) is 24.5 Å². The molecule has 1 saturated heterocycles. The maximum Gasteiger partial charge on any atom is 0.255 e. The molecule has 4 rings (SSSR count). The smallest absolute Gasteiger partial charge is 0.255 e. The Morgan fingerprint density at radius 3 is 2.34 bits per heavy atom. The standard InChI is InChI=1S/C24H26N4O/c1-18-6-8-21(9-7-18)26-22-15-20(16-25-17-22)24(29)28-12-10-27(11-13-28)23-5-3-4-19(2)14-23/h3-9,14-17,26H,10-13H2,1-2H3. The lowest BCUT2D eigenvalue weighted by atomic mass is 10.1. The second-order valence-corrected chi connectivity index (χ2v) is 7.57. The van der Waals surface area contributed by atoms with Crippen LogP contribution in [0.4, 0.5) is 17.1 Å². The first-order chi connectivity index (χ1) is 14.1. The van der Waals surface area contributed by atoms with E-state index in [-0.39, 0.29) is 5.91 Å². The minimum Gasteiger partial charge on any atom is -0.368 e. The number of pyridine rings is 1. The van der Waals surface area contributed by atoms with Crippen LogP contribution in [0, 0.1) is 13.8 Å². The van der Waals surface area contributed by atoms with E-state index in [0.29, 0.717) is 18.7 Å². The number of carbonyl (C=O) groups excluding carboxylic acids is 1. The third-order valence-electron chi connectivity index (χ3n) is 5.26. The summed E-state index contributed by atoms with van der Waals surface area (Å²) in [7, 11) is 0. The van der Waals surface area contributed by atoms with Gasteiger partial charge in [0.05, 0.1) is 17.4 Å². The van der Waals surface area contributed by atoms with Crippen molar-refractivity contribution in [2.75, 3.05) is 36.4 Å². The third-order valence-corrected chi connectivity index (χ3v) is 5.26. The lowest BCUT2D eigenvalue weighted by molar-refractivity contribution is 0.0746. The van der Waals surface area contributed by atoms with E-state index in [1.54, 1.807) is 12.4 Å². The number of aromatic nitrogens is 1. The van der Waals surface area contributed by atoms with Gasteiger partial charge in [-0.05, 0) is 49.7 Å². The zero-order chi connectivity index (χ0) is 20.2. The fraction of sp³-hybridized carbons (Fsp3) is 0.250. The SMILES string of the molecule is Cc1ccc(Nc2cncc(C(=O)N3CCN(c4cccc(C)c4)CC3)c2)cc1. The van der Waals surface area contributed by atoms with E-state index >= 15 is 0 Å². The van der Waals surface area contributed by atoms with Gasteiger partial charge in [0.2, 0.25) is 0 Å². The maximum absolute atomic E-state index is 13.0. The van der Waals surface area contributed by atoms with Crippen molar-refractivity contribution in [2.24, 2.45) is 0 Å². The summed E-state index contributed by atoms with van der Waals surface area (Å²) in [4.78, 5) is 21.5. The number of nitrogens with one attached hydrogen (secondary N) is 1. The minimum atomic E-state index is 0.0361. The Kier molecular flexibility index (Phi) is 5.47. The molecule has 0 saturated carbocycles. The van der Waals surface area contributed by atoms with Gasteiger partial charge in [-0.15, -0.1) is 0 Å². The van der Waals surface area contributed by atoms with Crippen LogP contribution in [0.2, 0.25) is 0 Å². The van der Waals surface area contributed by atoms with Gasteiger partial charge >= 0.3 is 0 Å². The number of benzene rings is 2. The molecule has 2 aromatic carbocycles. The number of nitrogens with zero attached hydrogens (tertiary/aromatic N) is 3. The first kappa shape index (κ1) is 19.0. The third kappa shape index (κ3) is 4.57. The van der Waals surface area contributed by atoms with E-state index in [1.165, 1.54) is 16.8 Å². The van der Waals surface area contributed by atoms with Crippen LogP contribution in [0.15, 0.2) is 67.0 Å². The minimum absolute atomic E-state index is 0.0361. The summed E-state index contributed by atoms with van der Waals surface area (Å²) < 4.78 is 0. The molecule has 0 spiro atoms. The zero-order valence-electron chi connectivity index (χ0n) is 16.9. The van der Waals surface area contributed by atoms with Crippen molar-refractivity contribution >= 4 is 23.0 Å². The first-order valence-electron chi connectivity index (χ1n) is 9.98. The Morgan fingerprint density at radius 2 is 1.62 bits per heavy atom. The lowest BCUT2D eigenvalue weighted by Gasteiger charge is -2.36.